The Morgan fingerprint density at radius 3 is 2.71 bits per heavy atom. The molecule has 0 bridgehead atoms. The number of rotatable bonds is 3. The van der Waals surface area contributed by atoms with E-state index in [0.717, 1.165) is 33.6 Å². The third-order valence-corrected chi connectivity index (χ3v) is 4.63. The summed E-state index contributed by atoms with van der Waals surface area (Å²) in [7, 11) is 1.85. The summed E-state index contributed by atoms with van der Waals surface area (Å²) in [6, 6.07) is 6.82. The number of halogens is 1. The van der Waals surface area contributed by atoms with Crippen LogP contribution < -0.4 is 5.32 Å². The SMILES string of the molecule is CCc1cc2c(NC)nc(-c3ccc(F)cc3C)nc2s1. The molecule has 0 aliphatic heterocycles. The summed E-state index contributed by atoms with van der Waals surface area (Å²) in [5.74, 6) is 1.21. The second-order valence-corrected chi connectivity index (χ2v) is 6.01. The zero-order chi connectivity index (χ0) is 15.0. The van der Waals surface area contributed by atoms with Crippen LogP contribution in [0.25, 0.3) is 21.6 Å². The monoisotopic (exact) mass is 301 g/mol. The van der Waals surface area contributed by atoms with E-state index in [-0.39, 0.29) is 5.82 Å². The Bertz CT molecular complexity index is 811. The van der Waals surface area contributed by atoms with Crippen molar-refractivity contribution in [3.8, 4) is 11.4 Å². The van der Waals surface area contributed by atoms with E-state index in [1.807, 2.05) is 14.0 Å². The third-order valence-electron chi connectivity index (χ3n) is 3.46. The summed E-state index contributed by atoms with van der Waals surface area (Å²) in [5, 5.41) is 4.17. The zero-order valence-electron chi connectivity index (χ0n) is 12.2. The first kappa shape index (κ1) is 13.9. The molecule has 5 heteroatoms. The smallest absolute Gasteiger partial charge is 0.163 e. The fourth-order valence-electron chi connectivity index (χ4n) is 2.33. The highest BCUT2D eigenvalue weighted by Crippen LogP contribution is 2.32. The number of anilines is 1. The molecule has 0 aliphatic carbocycles. The maximum atomic E-state index is 13.3. The average Bonchev–Trinajstić information content (AvgIpc) is 2.89. The van der Waals surface area contributed by atoms with Crippen molar-refractivity contribution >= 4 is 27.4 Å². The normalized spacial score (nSPS) is 11.0. The van der Waals surface area contributed by atoms with E-state index < -0.39 is 0 Å². The van der Waals surface area contributed by atoms with E-state index in [1.54, 1.807) is 17.4 Å². The molecule has 0 aliphatic rings. The highest BCUT2D eigenvalue weighted by molar-refractivity contribution is 7.18. The van der Waals surface area contributed by atoms with Gasteiger partial charge in [-0.15, -0.1) is 11.3 Å². The van der Waals surface area contributed by atoms with E-state index in [4.69, 9.17) is 0 Å². The van der Waals surface area contributed by atoms with Crippen LogP contribution in [-0.4, -0.2) is 17.0 Å². The number of benzene rings is 1. The summed E-state index contributed by atoms with van der Waals surface area (Å²) < 4.78 is 13.3. The van der Waals surface area contributed by atoms with E-state index >= 15 is 0 Å². The summed E-state index contributed by atoms with van der Waals surface area (Å²) in [6.07, 6.45) is 0.981. The maximum Gasteiger partial charge on any atom is 0.163 e. The minimum atomic E-state index is -0.240. The topological polar surface area (TPSA) is 37.8 Å². The minimum absolute atomic E-state index is 0.240. The lowest BCUT2D eigenvalue weighted by molar-refractivity contribution is 0.627. The van der Waals surface area contributed by atoms with Crippen LogP contribution in [-0.2, 0) is 6.42 Å². The second-order valence-electron chi connectivity index (χ2n) is 4.89. The van der Waals surface area contributed by atoms with Gasteiger partial charge in [-0.05, 0) is 43.2 Å². The number of aryl methyl sites for hydroxylation is 2. The molecule has 0 fully saturated rings. The Morgan fingerprint density at radius 2 is 2.05 bits per heavy atom. The molecule has 0 amide bonds. The van der Waals surface area contributed by atoms with Crippen molar-refractivity contribution in [2.24, 2.45) is 0 Å². The van der Waals surface area contributed by atoms with Crippen molar-refractivity contribution in [1.29, 1.82) is 0 Å². The van der Waals surface area contributed by atoms with E-state index in [1.165, 1.54) is 17.0 Å². The molecule has 0 atom stereocenters. The van der Waals surface area contributed by atoms with E-state index in [0.29, 0.717) is 5.82 Å². The van der Waals surface area contributed by atoms with Crippen molar-refractivity contribution in [1.82, 2.24) is 9.97 Å². The lowest BCUT2D eigenvalue weighted by Gasteiger charge is -2.07. The Morgan fingerprint density at radius 1 is 1.24 bits per heavy atom. The molecule has 0 radical (unpaired) electrons. The highest BCUT2D eigenvalue weighted by atomic mass is 32.1. The zero-order valence-corrected chi connectivity index (χ0v) is 13.0. The van der Waals surface area contributed by atoms with Gasteiger partial charge in [0, 0.05) is 17.5 Å². The molecule has 1 aromatic carbocycles. The Labute approximate surface area is 126 Å². The number of aromatic nitrogens is 2. The quantitative estimate of drug-likeness (QED) is 0.778. The first-order chi connectivity index (χ1) is 10.1. The van der Waals surface area contributed by atoms with Crippen LogP contribution in [0.1, 0.15) is 17.4 Å². The number of nitrogens with one attached hydrogen (secondary N) is 1. The Kier molecular flexibility index (Phi) is 3.59. The molecular weight excluding hydrogens is 285 g/mol. The molecule has 1 N–H and O–H groups in total. The molecule has 2 heterocycles. The van der Waals surface area contributed by atoms with Crippen LogP contribution in [0.15, 0.2) is 24.3 Å². The number of fused-ring (bicyclic) bond motifs is 1. The highest BCUT2D eigenvalue weighted by Gasteiger charge is 2.13. The van der Waals surface area contributed by atoms with Gasteiger partial charge in [0.2, 0.25) is 0 Å². The van der Waals surface area contributed by atoms with Gasteiger partial charge in [0.1, 0.15) is 16.5 Å². The van der Waals surface area contributed by atoms with Gasteiger partial charge in [-0.1, -0.05) is 6.92 Å². The molecule has 0 spiro atoms. The first-order valence-corrected chi connectivity index (χ1v) is 7.68. The number of hydrogen-bond acceptors (Lipinski definition) is 4. The standard InChI is InChI=1S/C16H16FN3S/c1-4-11-8-13-14(18-3)19-15(20-16(13)21-11)12-6-5-10(17)7-9(12)2/h5-8H,4H2,1-3H3,(H,18,19,20). The Balaban J connectivity index is 2.23. The fraction of sp³-hybridized carbons (Fsp3) is 0.250. The summed E-state index contributed by atoms with van der Waals surface area (Å²) in [6.45, 7) is 4.00. The van der Waals surface area contributed by atoms with E-state index in [9.17, 15) is 4.39 Å². The van der Waals surface area contributed by atoms with Crippen LogP contribution in [0.3, 0.4) is 0 Å². The molecule has 3 rings (SSSR count). The van der Waals surface area contributed by atoms with Crippen molar-refractivity contribution in [3.05, 3.63) is 40.5 Å². The van der Waals surface area contributed by atoms with Crippen molar-refractivity contribution < 1.29 is 4.39 Å². The van der Waals surface area contributed by atoms with Gasteiger partial charge in [-0.25, -0.2) is 14.4 Å². The van der Waals surface area contributed by atoms with Gasteiger partial charge < -0.3 is 5.32 Å². The molecule has 21 heavy (non-hydrogen) atoms. The number of hydrogen-bond donors (Lipinski definition) is 1. The lowest BCUT2D eigenvalue weighted by atomic mass is 10.1. The van der Waals surface area contributed by atoms with Gasteiger partial charge in [0.05, 0.1) is 5.39 Å². The molecule has 3 nitrogen and oxygen atoms in total. The number of thiophene rings is 1. The first-order valence-electron chi connectivity index (χ1n) is 6.87. The molecule has 0 saturated carbocycles. The summed E-state index contributed by atoms with van der Waals surface area (Å²) in [5.41, 5.74) is 1.70. The average molecular weight is 301 g/mol. The van der Waals surface area contributed by atoms with Gasteiger partial charge in [0.15, 0.2) is 5.82 Å². The largest absolute Gasteiger partial charge is 0.372 e. The van der Waals surface area contributed by atoms with Crippen LogP contribution in [0, 0.1) is 12.7 Å². The van der Waals surface area contributed by atoms with Crippen molar-refractivity contribution in [2.75, 3.05) is 12.4 Å². The van der Waals surface area contributed by atoms with Crippen LogP contribution in [0.4, 0.5) is 10.2 Å². The minimum Gasteiger partial charge on any atom is -0.372 e. The molecule has 0 saturated heterocycles. The van der Waals surface area contributed by atoms with Crippen LogP contribution in [0.5, 0.6) is 0 Å². The van der Waals surface area contributed by atoms with Gasteiger partial charge in [-0.2, -0.15) is 0 Å². The lowest BCUT2D eigenvalue weighted by Crippen LogP contribution is -1.98. The number of nitrogens with zero attached hydrogens (tertiary/aromatic N) is 2. The van der Waals surface area contributed by atoms with Crippen LogP contribution in [0.2, 0.25) is 0 Å². The summed E-state index contributed by atoms with van der Waals surface area (Å²) in [4.78, 5) is 11.5. The second kappa shape index (κ2) is 5.41. The van der Waals surface area contributed by atoms with Gasteiger partial charge in [0.25, 0.3) is 0 Å². The molecule has 2 aromatic heterocycles. The predicted octanol–water partition coefficient (Wildman–Crippen LogP) is 4.41. The summed E-state index contributed by atoms with van der Waals surface area (Å²) >= 11 is 1.68. The molecule has 108 valence electrons. The third kappa shape index (κ3) is 2.49. The van der Waals surface area contributed by atoms with Gasteiger partial charge in [-0.3, -0.25) is 0 Å². The van der Waals surface area contributed by atoms with Gasteiger partial charge >= 0.3 is 0 Å². The fourth-order valence-corrected chi connectivity index (χ4v) is 3.30. The van der Waals surface area contributed by atoms with Crippen molar-refractivity contribution in [3.63, 3.8) is 0 Å². The Hall–Kier alpha value is -2.01. The molecule has 3 aromatic rings. The predicted molar refractivity (Wildman–Crippen MR) is 86.5 cm³/mol. The van der Waals surface area contributed by atoms with Crippen molar-refractivity contribution in [2.45, 2.75) is 20.3 Å². The van der Waals surface area contributed by atoms with Crippen LogP contribution >= 0.6 is 11.3 Å². The molecule has 0 unspecified atom stereocenters. The van der Waals surface area contributed by atoms with E-state index in [2.05, 4.69) is 28.3 Å². The maximum absolute atomic E-state index is 13.3. The molecular formula is C16H16FN3S.